The molecule has 142 valence electrons. The molecule has 0 aromatic heterocycles. The van der Waals surface area contributed by atoms with Gasteiger partial charge in [-0.2, -0.15) is 0 Å². The standard InChI is InChI=1S/C22H18O6/c1-25-20(24)15-13-18(23)22(26-2)19(14-15)27-21(28-22,16-9-5-3-6-10-16)17-11-7-4-8-12-17/h3-14H,1-2H3. The van der Waals surface area contributed by atoms with Crippen molar-refractivity contribution < 1.29 is 28.5 Å². The average molecular weight is 378 g/mol. The molecule has 0 bridgehead atoms. The molecule has 1 unspecified atom stereocenters. The van der Waals surface area contributed by atoms with E-state index in [4.69, 9.17) is 18.9 Å². The Bertz CT molecular complexity index is 937. The van der Waals surface area contributed by atoms with Gasteiger partial charge in [0.2, 0.25) is 5.78 Å². The highest BCUT2D eigenvalue weighted by molar-refractivity contribution is 6.08. The maximum Gasteiger partial charge on any atom is 0.338 e. The number of hydrogen-bond acceptors (Lipinski definition) is 6. The number of benzene rings is 2. The van der Waals surface area contributed by atoms with Crippen LogP contribution in [0, 0.1) is 0 Å². The van der Waals surface area contributed by atoms with E-state index in [1.807, 2.05) is 60.7 Å². The monoisotopic (exact) mass is 378 g/mol. The van der Waals surface area contributed by atoms with Crippen LogP contribution in [0.25, 0.3) is 0 Å². The lowest BCUT2D eigenvalue weighted by molar-refractivity contribution is -0.234. The molecule has 28 heavy (non-hydrogen) atoms. The van der Waals surface area contributed by atoms with Crippen molar-refractivity contribution in [3.8, 4) is 0 Å². The Kier molecular flexibility index (Phi) is 4.37. The van der Waals surface area contributed by atoms with E-state index >= 15 is 0 Å². The minimum Gasteiger partial charge on any atom is -0.465 e. The van der Waals surface area contributed by atoms with Crippen molar-refractivity contribution in [3.63, 3.8) is 0 Å². The molecule has 1 aliphatic carbocycles. The Hall–Kier alpha value is -3.22. The summed E-state index contributed by atoms with van der Waals surface area (Å²) in [5.41, 5.74) is 1.43. The average Bonchev–Trinajstić information content (AvgIpc) is 3.12. The van der Waals surface area contributed by atoms with Crippen LogP contribution in [0.1, 0.15) is 11.1 Å². The molecule has 0 spiro atoms. The second-order valence-corrected chi connectivity index (χ2v) is 6.34. The fraction of sp³-hybridized carbons (Fsp3) is 0.182. The number of hydrogen-bond donors (Lipinski definition) is 0. The maximum atomic E-state index is 13.0. The number of methoxy groups -OCH3 is 2. The fourth-order valence-electron chi connectivity index (χ4n) is 3.41. The molecule has 0 N–H and O–H groups in total. The summed E-state index contributed by atoms with van der Waals surface area (Å²) >= 11 is 0. The zero-order valence-electron chi connectivity index (χ0n) is 15.4. The molecule has 0 amide bonds. The molecule has 6 nitrogen and oxygen atoms in total. The number of carbonyl (C=O) groups is 2. The first-order chi connectivity index (χ1) is 13.6. The van der Waals surface area contributed by atoms with E-state index in [9.17, 15) is 9.59 Å². The zero-order valence-corrected chi connectivity index (χ0v) is 15.4. The van der Waals surface area contributed by atoms with Gasteiger partial charge in [-0.1, -0.05) is 60.7 Å². The summed E-state index contributed by atoms with van der Waals surface area (Å²) in [7, 11) is 2.60. The van der Waals surface area contributed by atoms with E-state index in [0.29, 0.717) is 11.1 Å². The highest BCUT2D eigenvalue weighted by Gasteiger charge is 2.62. The molecule has 4 rings (SSSR count). The third-order valence-electron chi connectivity index (χ3n) is 4.78. The largest absolute Gasteiger partial charge is 0.465 e. The summed E-state index contributed by atoms with van der Waals surface area (Å²) in [6.45, 7) is 0. The second kappa shape index (κ2) is 6.74. The Labute approximate surface area is 162 Å². The molecule has 2 aromatic rings. The third-order valence-corrected chi connectivity index (χ3v) is 4.78. The Balaban J connectivity index is 1.91. The molecule has 1 heterocycles. The molecule has 0 saturated carbocycles. The van der Waals surface area contributed by atoms with Crippen molar-refractivity contribution in [1.82, 2.24) is 0 Å². The van der Waals surface area contributed by atoms with E-state index in [1.54, 1.807) is 0 Å². The van der Waals surface area contributed by atoms with Crippen LogP contribution in [0.4, 0.5) is 0 Å². The predicted octanol–water partition coefficient (Wildman–Crippen LogP) is 2.84. The summed E-state index contributed by atoms with van der Waals surface area (Å²) in [6, 6.07) is 18.5. The highest BCUT2D eigenvalue weighted by Crippen LogP contribution is 2.51. The van der Waals surface area contributed by atoms with Gasteiger partial charge in [0.1, 0.15) is 0 Å². The Morgan fingerprint density at radius 1 is 0.893 bits per heavy atom. The SMILES string of the molecule is COC(=O)C1=CC(=O)C2(OC)OC(c3ccccc3)(c3ccccc3)OC2=C1. The van der Waals surface area contributed by atoms with Crippen molar-refractivity contribution in [2.45, 2.75) is 11.6 Å². The first-order valence-corrected chi connectivity index (χ1v) is 8.68. The first kappa shape index (κ1) is 18.2. The van der Waals surface area contributed by atoms with Crippen molar-refractivity contribution in [2.24, 2.45) is 0 Å². The Morgan fingerprint density at radius 2 is 1.46 bits per heavy atom. The van der Waals surface area contributed by atoms with E-state index in [0.717, 1.165) is 6.08 Å². The van der Waals surface area contributed by atoms with Gasteiger partial charge in [0, 0.05) is 24.3 Å². The van der Waals surface area contributed by atoms with Crippen molar-refractivity contribution in [1.29, 1.82) is 0 Å². The molecule has 1 saturated heterocycles. The highest BCUT2D eigenvalue weighted by atomic mass is 16.8. The zero-order chi connectivity index (χ0) is 19.8. The number of rotatable bonds is 4. The number of esters is 1. The second-order valence-electron chi connectivity index (χ2n) is 6.34. The molecule has 1 fully saturated rings. The van der Waals surface area contributed by atoms with Crippen molar-refractivity contribution >= 4 is 11.8 Å². The molecule has 6 heteroatoms. The maximum absolute atomic E-state index is 13.0. The van der Waals surface area contributed by atoms with Crippen LogP contribution >= 0.6 is 0 Å². The molecular formula is C22H18O6. The van der Waals surface area contributed by atoms with E-state index < -0.39 is 23.3 Å². The summed E-state index contributed by atoms with van der Waals surface area (Å²) in [4.78, 5) is 24.9. The van der Waals surface area contributed by atoms with Gasteiger partial charge in [-0.05, 0) is 6.08 Å². The van der Waals surface area contributed by atoms with E-state index in [1.165, 1.54) is 20.3 Å². The quantitative estimate of drug-likeness (QED) is 0.762. The number of ketones is 1. The first-order valence-electron chi connectivity index (χ1n) is 8.68. The van der Waals surface area contributed by atoms with Gasteiger partial charge >= 0.3 is 5.97 Å². The fourth-order valence-corrected chi connectivity index (χ4v) is 3.41. The van der Waals surface area contributed by atoms with Gasteiger partial charge in [-0.15, -0.1) is 0 Å². The molecule has 1 atom stereocenters. The summed E-state index contributed by atoms with van der Waals surface area (Å²) in [5.74, 6) is -4.31. The molecule has 0 radical (unpaired) electrons. The summed E-state index contributed by atoms with van der Waals surface area (Å²) in [5, 5.41) is 0. The van der Waals surface area contributed by atoms with E-state index in [-0.39, 0.29) is 11.3 Å². The van der Waals surface area contributed by atoms with Crippen molar-refractivity contribution in [2.75, 3.05) is 14.2 Å². The summed E-state index contributed by atoms with van der Waals surface area (Å²) < 4.78 is 22.8. The minimum absolute atomic E-state index is 0.0655. The van der Waals surface area contributed by atoms with Crippen LogP contribution in [0.5, 0.6) is 0 Å². The normalized spacial score (nSPS) is 22.6. The molecule has 1 aliphatic heterocycles. The molecule has 2 aliphatic rings. The molecule has 2 aromatic carbocycles. The predicted molar refractivity (Wildman–Crippen MR) is 98.8 cm³/mol. The summed E-state index contributed by atoms with van der Waals surface area (Å²) in [6.07, 6.45) is 2.57. The third kappa shape index (κ3) is 2.58. The van der Waals surface area contributed by atoms with E-state index in [2.05, 4.69) is 0 Å². The van der Waals surface area contributed by atoms with Crippen LogP contribution in [0.2, 0.25) is 0 Å². The lowest BCUT2D eigenvalue weighted by atomic mass is 9.97. The minimum atomic E-state index is -1.79. The molecular weight excluding hydrogens is 360 g/mol. The Morgan fingerprint density at radius 3 is 1.96 bits per heavy atom. The number of ether oxygens (including phenoxy) is 4. The lowest BCUT2D eigenvalue weighted by Gasteiger charge is -2.30. The smallest absolute Gasteiger partial charge is 0.338 e. The van der Waals surface area contributed by atoms with Crippen LogP contribution in [0.15, 0.2) is 84.1 Å². The van der Waals surface area contributed by atoms with Crippen LogP contribution in [0.3, 0.4) is 0 Å². The number of carbonyl (C=O) groups excluding carboxylic acids is 2. The van der Waals surface area contributed by atoms with Gasteiger partial charge in [0.25, 0.3) is 11.6 Å². The van der Waals surface area contributed by atoms with Gasteiger partial charge in [0.05, 0.1) is 12.7 Å². The topological polar surface area (TPSA) is 71.1 Å². The van der Waals surface area contributed by atoms with Crippen molar-refractivity contribution in [3.05, 3.63) is 95.3 Å². The van der Waals surface area contributed by atoms with Crippen LogP contribution < -0.4 is 0 Å². The van der Waals surface area contributed by atoms with Gasteiger partial charge < -0.3 is 14.2 Å². The van der Waals surface area contributed by atoms with Gasteiger partial charge in [-0.3, -0.25) is 9.53 Å². The number of fused-ring (bicyclic) bond motifs is 1. The lowest BCUT2D eigenvalue weighted by Crippen LogP contribution is -2.45. The van der Waals surface area contributed by atoms with Gasteiger partial charge in [-0.25, -0.2) is 4.79 Å². The van der Waals surface area contributed by atoms with Gasteiger partial charge in [0.15, 0.2) is 5.76 Å². The van der Waals surface area contributed by atoms with Crippen LogP contribution in [-0.2, 0) is 34.3 Å². The van der Waals surface area contributed by atoms with Crippen LogP contribution in [-0.4, -0.2) is 31.8 Å².